The molecule has 0 aliphatic carbocycles. The summed E-state index contributed by atoms with van der Waals surface area (Å²) >= 11 is 0. The third-order valence-electron chi connectivity index (χ3n) is 6.62. The van der Waals surface area contributed by atoms with Gasteiger partial charge in [-0.15, -0.1) is 5.10 Å². The molecule has 1 aromatic heterocycles. The monoisotopic (exact) mass is 438 g/mol. The summed E-state index contributed by atoms with van der Waals surface area (Å²) in [7, 11) is 1.78. The van der Waals surface area contributed by atoms with Crippen molar-refractivity contribution in [2.75, 3.05) is 17.3 Å². The van der Waals surface area contributed by atoms with Gasteiger partial charge in [-0.3, -0.25) is 4.79 Å². The average molecular weight is 439 g/mol. The fourth-order valence-corrected chi connectivity index (χ4v) is 4.73. The van der Waals surface area contributed by atoms with Crippen molar-refractivity contribution in [2.24, 2.45) is 0 Å². The molecule has 7 heteroatoms. The van der Waals surface area contributed by atoms with E-state index in [-0.39, 0.29) is 17.5 Å². The number of aromatic nitrogens is 2. The number of fused-ring (bicyclic) bond motifs is 2. The lowest BCUT2D eigenvalue weighted by Crippen LogP contribution is -2.33. The molecule has 1 amide bonds. The maximum absolute atomic E-state index is 14.0. The first-order chi connectivity index (χ1) is 14.8. The highest BCUT2D eigenvalue weighted by Crippen LogP contribution is 2.44. The van der Waals surface area contributed by atoms with Crippen LogP contribution in [0, 0.1) is 13.8 Å². The van der Waals surface area contributed by atoms with Crippen LogP contribution in [-0.2, 0) is 16.1 Å². The van der Waals surface area contributed by atoms with Crippen LogP contribution in [-0.4, -0.2) is 23.2 Å². The average Bonchev–Trinajstić information content (AvgIpc) is 2.88. The smallest absolute Gasteiger partial charge is 0.270 e. The fourth-order valence-electron chi connectivity index (χ4n) is 4.73. The van der Waals surface area contributed by atoms with E-state index in [1.807, 2.05) is 45.9 Å². The molecule has 2 heterocycles. The standard InChI is InChI=1S/C25H28F2N4O/c1-13-16(9-8-10-19(13)25(6,26)27)14(2)28-22-18-12-21-20(11-17(18)15(3)29-30-22)24(4,5)23(32)31(21)7/h8-12,14H,1-7H3,(H,28,30)/t14-/m1/s1. The van der Waals surface area contributed by atoms with Gasteiger partial charge in [0.05, 0.1) is 17.2 Å². The van der Waals surface area contributed by atoms with Crippen molar-refractivity contribution in [1.82, 2.24) is 10.2 Å². The van der Waals surface area contributed by atoms with E-state index in [1.54, 1.807) is 24.9 Å². The number of alkyl halides is 2. The lowest BCUT2D eigenvalue weighted by Gasteiger charge is -2.22. The number of carbonyl (C=O) groups excluding carboxylic acids is 1. The molecule has 0 radical (unpaired) electrons. The van der Waals surface area contributed by atoms with E-state index >= 15 is 0 Å². The normalized spacial score (nSPS) is 16.4. The van der Waals surface area contributed by atoms with Crippen LogP contribution in [0.3, 0.4) is 0 Å². The first-order valence-electron chi connectivity index (χ1n) is 10.7. The van der Waals surface area contributed by atoms with E-state index in [2.05, 4.69) is 15.5 Å². The number of hydrogen-bond acceptors (Lipinski definition) is 4. The number of nitrogens with one attached hydrogen (secondary N) is 1. The Labute approximate surface area is 186 Å². The molecule has 0 saturated heterocycles. The zero-order valence-corrected chi connectivity index (χ0v) is 19.5. The van der Waals surface area contributed by atoms with Crippen molar-refractivity contribution in [3.8, 4) is 0 Å². The zero-order valence-electron chi connectivity index (χ0n) is 19.5. The van der Waals surface area contributed by atoms with Gasteiger partial charge in [-0.1, -0.05) is 18.2 Å². The van der Waals surface area contributed by atoms with Gasteiger partial charge in [0.2, 0.25) is 5.91 Å². The van der Waals surface area contributed by atoms with Crippen LogP contribution in [0.4, 0.5) is 20.3 Å². The van der Waals surface area contributed by atoms with Gasteiger partial charge in [-0.25, -0.2) is 8.78 Å². The Kier molecular flexibility index (Phi) is 4.99. The lowest BCUT2D eigenvalue weighted by atomic mass is 9.85. The van der Waals surface area contributed by atoms with Gasteiger partial charge in [0.1, 0.15) is 0 Å². The Balaban J connectivity index is 1.81. The van der Waals surface area contributed by atoms with Crippen molar-refractivity contribution < 1.29 is 13.6 Å². The third-order valence-corrected chi connectivity index (χ3v) is 6.62. The third kappa shape index (κ3) is 3.31. The Morgan fingerprint density at radius 3 is 2.47 bits per heavy atom. The molecule has 1 aliphatic heterocycles. The summed E-state index contributed by atoms with van der Waals surface area (Å²) in [5, 5.41) is 13.8. The highest BCUT2D eigenvalue weighted by Gasteiger charge is 2.42. The van der Waals surface area contributed by atoms with Gasteiger partial charge in [0, 0.05) is 36.0 Å². The number of anilines is 2. The van der Waals surface area contributed by atoms with Crippen LogP contribution in [0.2, 0.25) is 0 Å². The molecule has 32 heavy (non-hydrogen) atoms. The largest absolute Gasteiger partial charge is 0.362 e. The summed E-state index contributed by atoms with van der Waals surface area (Å²) in [6.07, 6.45) is 0. The first-order valence-corrected chi connectivity index (χ1v) is 10.7. The molecule has 1 N–H and O–H groups in total. The molecule has 0 unspecified atom stereocenters. The Morgan fingerprint density at radius 1 is 1.12 bits per heavy atom. The predicted octanol–water partition coefficient (Wildman–Crippen LogP) is 5.79. The second-order valence-corrected chi connectivity index (χ2v) is 9.31. The maximum atomic E-state index is 14.0. The van der Waals surface area contributed by atoms with Gasteiger partial charge in [0.15, 0.2) is 5.82 Å². The quantitative estimate of drug-likeness (QED) is 0.561. The van der Waals surface area contributed by atoms with Crippen LogP contribution in [0.5, 0.6) is 0 Å². The Morgan fingerprint density at radius 2 is 1.81 bits per heavy atom. The summed E-state index contributed by atoms with van der Waals surface area (Å²) in [5.41, 5.74) is 3.30. The van der Waals surface area contributed by atoms with E-state index in [0.717, 1.165) is 40.2 Å². The summed E-state index contributed by atoms with van der Waals surface area (Å²) in [4.78, 5) is 14.4. The molecule has 5 nitrogen and oxygen atoms in total. The number of amides is 1. The number of benzene rings is 2. The molecule has 1 aliphatic rings. The van der Waals surface area contributed by atoms with Crippen LogP contribution < -0.4 is 10.2 Å². The number of likely N-dealkylation sites (N-methyl/N-ethyl adjacent to an activating group) is 1. The summed E-state index contributed by atoms with van der Waals surface area (Å²) in [6, 6.07) is 8.68. The molecule has 4 rings (SSSR count). The van der Waals surface area contributed by atoms with Gasteiger partial charge in [-0.05, 0) is 63.4 Å². The van der Waals surface area contributed by atoms with Crippen molar-refractivity contribution >= 4 is 28.2 Å². The van der Waals surface area contributed by atoms with E-state index < -0.39 is 11.3 Å². The van der Waals surface area contributed by atoms with Crippen molar-refractivity contribution in [3.63, 3.8) is 0 Å². The second kappa shape index (κ2) is 7.22. The van der Waals surface area contributed by atoms with Crippen molar-refractivity contribution in [1.29, 1.82) is 0 Å². The van der Waals surface area contributed by atoms with Crippen LogP contribution in [0.15, 0.2) is 30.3 Å². The molecule has 0 spiro atoms. The van der Waals surface area contributed by atoms with E-state index in [9.17, 15) is 13.6 Å². The van der Waals surface area contributed by atoms with Gasteiger partial charge >= 0.3 is 0 Å². The number of halogens is 2. The fraction of sp³-hybridized carbons (Fsp3) is 0.400. The number of hydrogen-bond donors (Lipinski definition) is 1. The molecular formula is C25H28F2N4O. The van der Waals surface area contributed by atoms with Crippen molar-refractivity contribution in [2.45, 2.75) is 58.9 Å². The zero-order chi connectivity index (χ0) is 23.6. The SMILES string of the molecule is Cc1c([C@@H](C)Nc2nnc(C)c3cc4c(cc23)N(C)C(=O)C4(C)C)cccc1C(C)(F)F. The maximum Gasteiger partial charge on any atom is 0.270 e. The number of carbonyl (C=O) groups is 1. The minimum atomic E-state index is -2.92. The highest BCUT2D eigenvalue weighted by molar-refractivity contribution is 6.10. The topological polar surface area (TPSA) is 58.1 Å². The van der Waals surface area contributed by atoms with Crippen LogP contribution >= 0.6 is 0 Å². The number of nitrogens with zero attached hydrogens (tertiary/aromatic N) is 3. The van der Waals surface area contributed by atoms with E-state index in [0.29, 0.717) is 11.4 Å². The molecule has 0 saturated carbocycles. The minimum absolute atomic E-state index is 0.0173. The van der Waals surface area contributed by atoms with Crippen molar-refractivity contribution in [3.05, 3.63) is 58.3 Å². The summed E-state index contributed by atoms with van der Waals surface area (Å²) in [5.74, 6) is -2.32. The molecule has 0 fully saturated rings. The second-order valence-electron chi connectivity index (χ2n) is 9.31. The molecule has 0 bridgehead atoms. The summed E-state index contributed by atoms with van der Waals surface area (Å²) < 4.78 is 28.0. The van der Waals surface area contributed by atoms with Gasteiger partial charge < -0.3 is 10.2 Å². The Hall–Kier alpha value is -3.09. The van der Waals surface area contributed by atoms with Gasteiger partial charge in [0.25, 0.3) is 5.92 Å². The molecule has 3 aromatic rings. The summed E-state index contributed by atoms with van der Waals surface area (Å²) in [6.45, 7) is 10.3. The minimum Gasteiger partial charge on any atom is -0.362 e. The molecule has 2 aromatic carbocycles. The predicted molar refractivity (Wildman–Crippen MR) is 123 cm³/mol. The molecular weight excluding hydrogens is 410 g/mol. The molecule has 1 atom stereocenters. The van der Waals surface area contributed by atoms with Gasteiger partial charge in [-0.2, -0.15) is 5.10 Å². The lowest BCUT2D eigenvalue weighted by molar-refractivity contribution is -0.121. The molecule has 168 valence electrons. The Bertz CT molecular complexity index is 1250. The van der Waals surface area contributed by atoms with E-state index in [4.69, 9.17) is 0 Å². The highest BCUT2D eigenvalue weighted by atomic mass is 19.3. The van der Waals surface area contributed by atoms with E-state index in [1.165, 1.54) is 6.07 Å². The first kappa shape index (κ1) is 22.1. The van der Waals surface area contributed by atoms with Crippen LogP contribution in [0.1, 0.15) is 61.7 Å². The van der Waals surface area contributed by atoms with Crippen LogP contribution in [0.25, 0.3) is 10.8 Å². The number of aryl methyl sites for hydroxylation is 1. The number of rotatable bonds is 4.